The molecular formula is C13H21N3O. The zero-order valence-electron chi connectivity index (χ0n) is 10.4. The Morgan fingerprint density at radius 1 is 1.29 bits per heavy atom. The average molecular weight is 235 g/mol. The van der Waals surface area contributed by atoms with Crippen molar-refractivity contribution in [3.8, 4) is 0 Å². The lowest BCUT2D eigenvalue weighted by molar-refractivity contribution is 0.0163. The molecule has 1 saturated carbocycles. The smallest absolute Gasteiger partial charge is 0.0807 e. The molecule has 17 heavy (non-hydrogen) atoms. The maximum absolute atomic E-state index is 6.25. The van der Waals surface area contributed by atoms with Crippen molar-refractivity contribution in [2.24, 2.45) is 11.7 Å². The van der Waals surface area contributed by atoms with E-state index in [0.29, 0.717) is 5.92 Å². The molecule has 0 saturated heterocycles. The highest BCUT2D eigenvalue weighted by Crippen LogP contribution is 2.32. The molecule has 2 N–H and O–H groups in total. The molecule has 2 atom stereocenters. The Morgan fingerprint density at radius 3 is 2.65 bits per heavy atom. The van der Waals surface area contributed by atoms with Gasteiger partial charge in [0, 0.05) is 19.5 Å². The fourth-order valence-electron chi connectivity index (χ4n) is 2.75. The van der Waals surface area contributed by atoms with E-state index in [-0.39, 0.29) is 12.1 Å². The van der Waals surface area contributed by atoms with Crippen molar-refractivity contribution in [2.75, 3.05) is 7.11 Å². The van der Waals surface area contributed by atoms with Crippen molar-refractivity contribution in [3.05, 3.63) is 24.3 Å². The molecule has 0 bridgehead atoms. The van der Waals surface area contributed by atoms with E-state index in [1.165, 1.54) is 32.1 Å². The first-order valence-corrected chi connectivity index (χ1v) is 6.37. The number of aromatic nitrogens is 2. The topological polar surface area (TPSA) is 61.0 Å². The molecule has 1 fully saturated rings. The van der Waals surface area contributed by atoms with Crippen molar-refractivity contribution in [1.82, 2.24) is 9.97 Å². The lowest BCUT2D eigenvalue weighted by Gasteiger charge is -2.32. The van der Waals surface area contributed by atoms with Crippen LogP contribution in [0, 0.1) is 5.92 Å². The van der Waals surface area contributed by atoms with E-state index < -0.39 is 0 Å². The summed E-state index contributed by atoms with van der Waals surface area (Å²) in [6, 6.07) is -0.170. The number of methoxy groups -OCH3 is 1. The Balaban J connectivity index is 2.06. The Morgan fingerprint density at radius 2 is 2.06 bits per heavy atom. The van der Waals surface area contributed by atoms with Crippen LogP contribution in [0.15, 0.2) is 18.6 Å². The Labute approximate surface area is 103 Å². The third kappa shape index (κ3) is 3.01. The van der Waals surface area contributed by atoms with Crippen molar-refractivity contribution in [1.29, 1.82) is 0 Å². The lowest BCUT2D eigenvalue weighted by atomic mass is 9.82. The second-order valence-corrected chi connectivity index (χ2v) is 4.75. The highest BCUT2D eigenvalue weighted by molar-refractivity contribution is 5.05. The first-order chi connectivity index (χ1) is 8.33. The number of ether oxygens (including phenoxy) is 1. The first kappa shape index (κ1) is 12.5. The van der Waals surface area contributed by atoms with Crippen molar-refractivity contribution >= 4 is 0 Å². The molecular weight excluding hydrogens is 214 g/mol. The third-order valence-electron chi connectivity index (χ3n) is 3.67. The van der Waals surface area contributed by atoms with Gasteiger partial charge in [-0.3, -0.25) is 9.97 Å². The number of rotatable bonds is 4. The summed E-state index contributed by atoms with van der Waals surface area (Å²) in [4.78, 5) is 8.34. The summed E-state index contributed by atoms with van der Waals surface area (Å²) in [5.41, 5.74) is 7.08. The molecule has 0 aliphatic heterocycles. The predicted octanol–water partition coefficient (Wildman–Crippen LogP) is 2.07. The molecule has 4 heteroatoms. The van der Waals surface area contributed by atoms with Crippen molar-refractivity contribution in [3.63, 3.8) is 0 Å². The maximum Gasteiger partial charge on any atom is 0.0807 e. The second kappa shape index (κ2) is 6.07. The van der Waals surface area contributed by atoms with E-state index in [9.17, 15) is 0 Å². The van der Waals surface area contributed by atoms with Gasteiger partial charge in [-0.15, -0.1) is 0 Å². The van der Waals surface area contributed by atoms with Crippen LogP contribution in [0.3, 0.4) is 0 Å². The average Bonchev–Trinajstić information content (AvgIpc) is 2.42. The summed E-state index contributed by atoms with van der Waals surface area (Å²) in [5.74, 6) is 0.561. The summed E-state index contributed by atoms with van der Waals surface area (Å²) in [5, 5.41) is 0. The normalized spacial score (nSPS) is 21.1. The van der Waals surface area contributed by atoms with E-state index in [1.54, 1.807) is 25.7 Å². The number of hydrogen-bond donors (Lipinski definition) is 1. The van der Waals surface area contributed by atoms with Crippen LogP contribution in [-0.2, 0) is 4.74 Å². The maximum atomic E-state index is 6.25. The van der Waals surface area contributed by atoms with Gasteiger partial charge in [0.1, 0.15) is 0 Å². The van der Waals surface area contributed by atoms with Crippen LogP contribution in [0.2, 0.25) is 0 Å². The molecule has 4 nitrogen and oxygen atoms in total. The Kier molecular flexibility index (Phi) is 4.45. The van der Waals surface area contributed by atoms with E-state index >= 15 is 0 Å². The van der Waals surface area contributed by atoms with Gasteiger partial charge in [-0.2, -0.15) is 0 Å². The summed E-state index contributed by atoms with van der Waals surface area (Å²) >= 11 is 0. The van der Waals surface area contributed by atoms with Crippen LogP contribution in [-0.4, -0.2) is 23.2 Å². The van der Waals surface area contributed by atoms with Crippen molar-refractivity contribution < 1.29 is 4.74 Å². The van der Waals surface area contributed by atoms with Gasteiger partial charge in [0.05, 0.1) is 24.0 Å². The van der Waals surface area contributed by atoms with Gasteiger partial charge >= 0.3 is 0 Å². The van der Waals surface area contributed by atoms with Crippen LogP contribution >= 0.6 is 0 Å². The molecule has 1 heterocycles. The summed E-state index contributed by atoms with van der Waals surface area (Å²) in [6.45, 7) is 0. The van der Waals surface area contributed by atoms with E-state index in [1.807, 2.05) is 0 Å². The number of nitrogens with zero attached hydrogens (tertiary/aromatic N) is 2. The molecule has 0 radical (unpaired) electrons. The molecule has 0 spiro atoms. The van der Waals surface area contributed by atoms with Gasteiger partial charge in [-0.1, -0.05) is 19.3 Å². The zero-order chi connectivity index (χ0) is 12.1. The van der Waals surface area contributed by atoms with E-state index in [0.717, 1.165) is 5.69 Å². The summed E-state index contributed by atoms with van der Waals surface area (Å²) in [6.07, 6.45) is 11.5. The van der Waals surface area contributed by atoms with E-state index in [2.05, 4.69) is 9.97 Å². The Bertz CT molecular complexity index is 325. The fraction of sp³-hybridized carbons (Fsp3) is 0.692. The zero-order valence-corrected chi connectivity index (χ0v) is 10.4. The molecule has 94 valence electrons. The summed E-state index contributed by atoms with van der Waals surface area (Å²) < 4.78 is 5.61. The van der Waals surface area contributed by atoms with Crippen LogP contribution in [0.5, 0.6) is 0 Å². The van der Waals surface area contributed by atoms with Crippen LogP contribution in [0.4, 0.5) is 0 Å². The largest absolute Gasteiger partial charge is 0.379 e. The highest BCUT2D eigenvalue weighted by Gasteiger charge is 2.30. The number of nitrogens with two attached hydrogens (primary N) is 1. The minimum absolute atomic E-state index is 0.0620. The molecule has 1 aliphatic rings. The quantitative estimate of drug-likeness (QED) is 0.868. The minimum Gasteiger partial charge on any atom is -0.379 e. The molecule has 2 unspecified atom stereocenters. The molecule has 2 rings (SSSR count). The van der Waals surface area contributed by atoms with Crippen LogP contribution in [0.25, 0.3) is 0 Å². The molecule has 1 aromatic rings. The monoisotopic (exact) mass is 235 g/mol. The lowest BCUT2D eigenvalue weighted by Crippen LogP contribution is -2.36. The highest BCUT2D eigenvalue weighted by atomic mass is 16.5. The van der Waals surface area contributed by atoms with E-state index in [4.69, 9.17) is 10.5 Å². The van der Waals surface area contributed by atoms with Gasteiger partial charge in [-0.05, 0) is 18.8 Å². The predicted molar refractivity (Wildman–Crippen MR) is 66.3 cm³/mol. The van der Waals surface area contributed by atoms with Crippen molar-refractivity contribution in [2.45, 2.75) is 44.2 Å². The van der Waals surface area contributed by atoms with Crippen LogP contribution < -0.4 is 5.73 Å². The minimum atomic E-state index is -0.170. The molecule has 0 amide bonds. The Hall–Kier alpha value is -1.00. The SMILES string of the molecule is COC(C1CCCCC1)C(N)c1cnccn1. The number of hydrogen-bond acceptors (Lipinski definition) is 4. The van der Waals surface area contributed by atoms with Gasteiger partial charge in [0.25, 0.3) is 0 Å². The van der Waals surface area contributed by atoms with Crippen LogP contribution in [0.1, 0.15) is 43.8 Å². The first-order valence-electron chi connectivity index (χ1n) is 6.37. The third-order valence-corrected chi connectivity index (χ3v) is 3.67. The van der Waals surface area contributed by atoms with Gasteiger partial charge < -0.3 is 10.5 Å². The summed E-state index contributed by atoms with van der Waals surface area (Å²) in [7, 11) is 1.75. The van der Waals surface area contributed by atoms with Gasteiger partial charge in [0.15, 0.2) is 0 Å². The molecule has 1 aromatic heterocycles. The van der Waals surface area contributed by atoms with Gasteiger partial charge in [-0.25, -0.2) is 0 Å². The second-order valence-electron chi connectivity index (χ2n) is 4.75. The fourth-order valence-corrected chi connectivity index (χ4v) is 2.75. The molecule has 1 aliphatic carbocycles. The standard InChI is InChI=1S/C13H21N3O/c1-17-13(10-5-3-2-4-6-10)12(14)11-9-15-7-8-16-11/h7-10,12-13H,2-6,14H2,1H3. The molecule has 0 aromatic carbocycles. The van der Waals surface area contributed by atoms with Gasteiger partial charge in [0.2, 0.25) is 0 Å².